The Morgan fingerprint density at radius 3 is 2.39 bits per heavy atom. The summed E-state index contributed by atoms with van der Waals surface area (Å²) in [7, 11) is 0. The first kappa shape index (κ1) is 14.7. The van der Waals surface area contributed by atoms with Crippen molar-refractivity contribution in [2.24, 2.45) is 11.3 Å². The van der Waals surface area contributed by atoms with Crippen molar-refractivity contribution in [3.05, 3.63) is 28.7 Å². The second kappa shape index (κ2) is 5.52. The highest BCUT2D eigenvalue weighted by Crippen LogP contribution is 2.27. The first-order valence-corrected chi connectivity index (χ1v) is 6.30. The van der Waals surface area contributed by atoms with Crippen LogP contribution in [0, 0.1) is 11.3 Å². The highest BCUT2D eigenvalue weighted by Gasteiger charge is 2.37. The van der Waals surface area contributed by atoms with Crippen molar-refractivity contribution in [1.29, 1.82) is 0 Å². The largest absolute Gasteiger partial charge is 0.481 e. The molecule has 5 heteroatoms. The first-order valence-electron chi connectivity index (χ1n) is 5.51. The number of hydrogen-bond donors (Lipinski definition) is 2. The van der Waals surface area contributed by atoms with E-state index in [1.165, 1.54) is 0 Å². The Hall–Kier alpha value is -1.36. The molecule has 1 rings (SSSR count). The minimum Gasteiger partial charge on any atom is -0.481 e. The van der Waals surface area contributed by atoms with Gasteiger partial charge in [0, 0.05) is 10.2 Å². The maximum atomic E-state index is 12.0. The zero-order valence-corrected chi connectivity index (χ0v) is 12.1. The smallest absolute Gasteiger partial charge is 0.316 e. The number of carbonyl (C=O) groups is 2. The monoisotopic (exact) mass is 313 g/mol. The van der Waals surface area contributed by atoms with Crippen molar-refractivity contribution in [2.45, 2.75) is 20.8 Å². The lowest BCUT2D eigenvalue weighted by atomic mass is 9.80. The molecule has 0 aliphatic carbocycles. The van der Waals surface area contributed by atoms with Crippen LogP contribution in [0.15, 0.2) is 28.7 Å². The van der Waals surface area contributed by atoms with Gasteiger partial charge in [0.05, 0.1) is 0 Å². The standard InChI is InChI=1S/C13H16BrNO3/c1-13(2,3)10(12(17)18)11(16)15-9-6-4-5-8(14)7-9/h4-7,10H,1-3H3,(H,15,16)(H,17,18). The third-order valence-corrected chi connectivity index (χ3v) is 2.96. The van der Waals surface area contributed by atoms with E-state index in [-0.39, 0.29) is 0 Å². The summed E-state index contributed by atoms with van der Waals surface area (Å²) >= 11 is 3.29. The Balaban J connectivity index is 2.90. The second-order valence-electron chi connectivity index (χ2n) is 5.14. The summed E-state index contributed by atoms with van der Waals surface area (Å²) in [5.41, 5.74) is -0.0630. The molecular formula is C13H16BrNO3. The van der Waals surface area contributed by atoms with Crippen LogP contribution in [0.3, 0.4) is 0 Å². The Labute approximate surface area is 115 Å². The second-order valence-corrected chi connectivity index (χ2v) is 6.05. The zero-order valence-electron chi connectivity index (χ0n) is 10.5. The van der Waals surface area contributed by atoms with Gasteiger partial charge in [-0.15, -0.1) is 0 Å². The highest BCUT2D eigenvalue weighted by molar-refractivity contribution is 9.10. The molecule has 1 aromatic rings. The van der Waals surface area contributed by atoms with Crippen molar-refractivity contribution in [1.82, 2.24) is 0 Å². The van der Waals surface area contributed by atoms with E-state index in [2.05, 4.69) is 21.2 Å². The van der Waals surface area contributed by atoms with Gasteiger partial charge in [-0.05, 0) is 23.6 Å². The molecular weight excluding hydrogens is 298 g/mol. The number of benzene rings is 1. The maximum absolute atomic E-state index is 12.0. The fourth-order valence-corrected chi connectivity index (χ4v) is 2.06. The van der Waals surface area contributed by atoms with Gasteiger partial charge >= 0.3 is 5.97 Å². The third kappa shape index (κ3) is 3.84. The first-order chi connectivity index (χ1) is 8.21. The summed E-state index contributed by atoms with van der Waals surface area (Å²) in [6, 6.07) is 7.03. The van der Waals surface area contributed by atoms with Gasteiger partial charge in [0.1, 0.15) is 5.92 Å². The van der Waals surface area contributed by atoms with Crippen molar-refractivity contribution < 1.29 is 14.7 Å². The Morgan fingerprint density at radius 1 is 1.33 bits per heavy atom. The van der Waals surface area contributed by atoms with Gasteiger partial charge in [0.15, 0.2) is 0 Å². The van der Waals surface area contributed by atoms with E-state index in [0.29, 0.717) is 5.69 Å². The number of carboxylic acid groups (broad SMARTS) is 1. The molecule has 0 bridgehead atoms. The lowest BCUT2D eigenvalue weighted by Gasteiger charge is -2.25. The number of halogens is 1. The predicted molar refractivity (Wildman–Crippen MR) is 73.4 cm³/mol. The molecule has 18 heavy (non-hydrogen) atoms. The minimum atomic E-state index is -1.12. The van der Waals surface area contributed by atoms with Crippen LogP contribution < -0.4 is 5.32 Å². The molecule has 0 radical (unpaired) electrons. The molecule has 0 aromatic heterocycles. The molecule has 0 aliphatic rings. The van der Waals surface area contributed by atoms with Gasteiger partial charge in [0.2, 0.25) is 5.91 Å². The average Bonchev–Trinajstić information content (AvgIpc) is 2.13. The van der Waals surface area contributed by atoms with Crippen LogP contribution in [-0.4, -0.2) is 17.0 Å². The zero-order chi connectivity index (χ0) is 13.9. The third-order valence-electron chi connectivity index (χ3n) is 2.47. The summed E-state index contributed by atoms with van der Waals surface area (Å²) < 4.78 is 0.822. The predicted octanol–water partition coefficient (Wildman–Crippen LogP) is 3.13. The van der Waals surface area contributed by atoms with Crippen LogP contribution in [-0.2, 0) is 9.59 Å². The molecule has 0 heterocycles. The SMILES string of the molecule is CC(C)(C)C(C(=O)O)C(=O)Nc1cccc(Br)c1. The van der Waals surface area contributed by atoms with Crippen LogP contribution in [0.25, 0.3) is 0 Å². The number of nitrogens with one attached hydrogen (secondary N) is 1. The summed E-state index contributed by atoms with van der Waals surface area (Å²) in [5.74, 6) is -2.71. The number of anilines is 1. The average molecular weight is 314 g/mol. The van der Waals surface area contributed by atoms with Crippen LogP contribution in [0.5, 0.6) is 0 Å². The highest BCUT2D eigenvalue weighted by atomic mass is 79.9. The number of hydrogen-bond acceptors (Lipinski definition) is 2. The number of rotatable bonds is 3. The van der Waals surface area contributed by atoms with E-state index in [4.69, 9.17) is 5.11 Å². The summed E-state index contributed by atoms with van der Waals surface area (Å²) in [5, 5.41) is 11.8. The molecule has 0 fully saturated rings. The summed E-state index contributed by atoms with van der Waals surface area (Å²) in [6.07, 6.45) is 0. The molecule has 98 valence electrons. The molecule has 4 nitrogen and oxygen atoms in total. The molecule has 1 atom stereocenters. The van der Waals surface area contributed by atoms with E-state index in [9.17, 15) is 9.59 Å². The molecule has 1 amide bonds. The minimum absolute atomic E-state index is 0.506. The topological polar surface area (TPSA) is 66.4 Å². The number of carboxylic acids is 1. The maximum Gasteiger partial charge on any atom is 0.316 e. The fourth-order valence-electron chi connectivity index (χ4n) is 1.66. The van der Waals surface area contributed by atoms with Crippen LogP contribution in [0.4, 0.5) is 5.69 Å². The summed E-state index contributed by atoms with van der Waals surface area (Å²) in [4.78, 5) is 23.2. The van der Waals surface area contributed by atoms with Crippen molar-refractivity contribution in [3.8, 4) is 0 Å². The number of carbonyl (C=O) groups excluding carboxylic acids is 1. The van der Waals surface area contributed by atoms with Crippen LogP contribution >= 0.6 is 15.9 Å². The molecule has 2 N–H and O–H groups in total. The van der Waals surface area contributed by atoms with Crippen LogP contribution in [0.1, 0.15) is 20.8 Å². The normalized spacial score (nSPS) is 12.9. The molecule has 0 saturated heterocycles. The van der Waals surface area contributed by atoms with E-state index in [1.807, 2.05) is 6.07 Å². The van der Waals surface area contributed by atoms with Crippen LogP contribution in [0.2, 0.25) is 0 Å². The lowest BCUT2D eigenvalue weighted by molar-refractivity contribution is -0.149. The lowest BCUT2D eigenvalue weighted by Crippen LogP contribution is -2.39. The van der Waals surface area contributed by atoms with Gasteiger partial charge in [-0.3, -0.25) is 9.59 Å². The molecule has 0 spiro atoms. The van der Waals surface area contributed by atoms with Gasteiger partial charge < -0.3 is 10.4 Å². The quantitative estimate of drug-likeness (QED) is 0.842. The Bertz CT molecular complexity index is 466. The molecule has 0 saturated carbocycles. The summed E-state index contributed by atoms with van der Waals surface area (Å²) in [6.45, 7) is 5.19. The number of amides is 1. The van der Waals surface area contributed by atoms with E-state index >= 15 is 0 Å². The van der Waals surface area contributed by atoms with Gasteiger partial charge in [-0.1, -0.05) is 42.8 Å². The fraction of sp³-hybridized carbons (Fsp3) is 0.385. The van der Waals surface area contributed by atoms with Gasteiger partial charge in [-0.25, -0.2) is 0 Å². The van der Waals surface area contributed by atoms with Crippen molar-refractivity contribution in [2.75, 3.05) is 5.32 Å². The Kier molecular flexibility index (Phi) is 4.51. The Morgan fingerprint density at radius 2 is 1.94 bits per heavy atom. The van der Waals surface area contributed by atoms with Crippen molar-refractivity contribution in [3.63, 3.8) is 0 Å². The van der Waals surface area contributed by atoms with E-state index < -0.39 is 23.2 Å². The van der Waals surface area contributed by atoms with Crippen molar-refractivity contribution >= 4 is 33.5 Å². The number of aliphatic carboxylic acids is 1. The molecule has 1 unspecified atom stereocenters. The van der Waals surface area contributed by atoms with Gasteiger partial charge in [-0.2, -0.15) is 0 Å². The van der Waals surface area contributed by atoms with E-state index in [1.54, 1.807) is 39.0 Å². The van der Waals surface area contributed by atoms with E-state index in [0.717, 1.165) is 4.47 Å². The van der Waals surface area contributed by atoms with Gasteiger partial charge in [0.25, 0.3) is 0 Å². The molecule has 0 aliphatic heterocycles. The molecule has 1 aromatic carbocycles.